The first-order valence-electron chi connectivity index (χ1n) is 11.8. The van der Waals surface area contributed by atoms with E-state index in [1.165, 1.54) is 18.2 Å². The van der Waals surface area contributed by atoms with E-state index in [0.29, 0.717) is 36.2 Å². The van der Waals surface area contributed by atoms with Gasteiger partial charge in [-0.05, 0) is 80.1 Å². The van der Waals surface area contributed by atoms with Crippen LogP contribution in [0, 0.1) is 5.82 Å². The molecule has 0 amide bonds. The third kappa shape index (κ3) is 9.11. The summed E-state index contributed by atoms with van der Waals surface area (Å²) >= 11 is 5.86. The third-order valence-electron chi connectivity index (χ3n) is 5.57. The molecule has 1 N–H and O–H groups in total. The van der Waals surface area contributed by atoms with Crippen LogP contribution in [0.1, 0.15) is 27.9 Å². The maximum Gasteiger partial charge on any atom is 0.196 e. The summed E-state index contributed by atoms with van der Waals surface area (Å²) in [6, 6.07) is 17.8. The lowest BCUT2D eigenvalue weighted by molar-refractivity contribution is 0.103. The number of ketones is 1. The number of nitrogens with zero attached hydrogens (tertiary/aromatic N) is 1. The van der Waals surface area contributed by atoms with Crippen LogP contribution in [0.15, 0.2) is 78.9 Å². The summed E-state index contributed by atoms with van der Waals surface area (Å²) in [6.07, 6.45) is 5.54. The Morgan fingerprint density at radius 1 is 1.00 bits per heavy atom. The van der Waals surface area contributed by atoms with Gasteiger partial charge in [-0.2, -0.15) is 0 Å². The number of halogens is 2. The van der Waals surface area contributed by atoms with E-state index in [-0.39, 0.29) is 22.9 Å². The third-order valence-corrected chi connectivity index (χ3v) is 5.82. The number of phenols is 1. The van der Waals surface area contributed by atoms with Gasteiger partial charge in [0.25, 0.3) is 0 Å². The van der Waals surface area contributed by atoms with Gasteiger partial charge in [0.15, 0.2) is 5.78 Å². The smallest absolute Gasteiger partial charge is 0.196 e. The van der Waals surface area contributed by atoms with Crippen molar-refractivity contribution in [1.29, 1.82) is 0 Å². The lowest BCUT2D eigenvalue weighted by Crippen LogP contribution is -2.23. The zero-order valence-electron chi connectivity index (χ0n) is 20.3. The molecule has 0 aromatic heterocycles. The van der Waals surface area contributed by atoms with E-state index in [0.717, 1.165) is 31.5 Å². The highest BCUT2D eigenvalue weighted by atomic mass is 35.5. The standard InChI is InChI=1S/C29H31ClFNO4/c1-32(17-15-22-5-11-25(31)12-6-22)16-4-19-35-18-2-3-20-36-26-13-14-27(28(33)21-26)29(34)23-7-9-24(30)10-8-23/h2-3,5-14,21,33H,4,15-20H2,1H3/b3-2+. The van der Waals surface area contributed by atoms with Gasteiger partial charge in [-0.3, -0.25) is 4.79 Å². The fraction of sp³-hybridized carbons (Fsp3) is 0.276. The summed E-state index contributed by atoms with van der Waals surface area (Å²) in [6.45, 7) is 3.30. The minimum Gasteiger partial charge on any atom is -0.507 e. The molecule has 190 valence electrons. The number of ether oxygens (including phenoxy) is 2. The fourth-order valence-electron chi connectivity index (χ4n) is 3.50. The van der Waals surface area contributed by atoms with Crippen molar-refractivity contribution in [2.45, 2.75) is 12.8 Å². The average Bonchev–Trinajstić information content (AvgIpc) is 2.87. The zero-order chi connectivity index (χ0) is 25.8. The first-order chi connectivity index (χ1) is 17.4. The number of hydrogen-bond acceptors (Lipinski definition) is 5. The molecule has 0 bridgehead atoms. The van der Waals surface area contributed by atoms with E-state index >= 15 is 0 Å². The molecule has 0 aliphatic rings. The predicted octanol–water partition coefficient (Wildman–Crippen LogP) is 5.93. The highest BCUT2D eigenvalue weighted by Gasteiger charge is 2.14. The summed E-state index contributed by atoms with van der Waals surface area (Å²) in [5.41, 5.74) is 1.78. The molecule has 3 aromatic carbocycles. The van der Waals surface area contributed by atoms with E-state index in [9.17, 15) is 14.3 Å². The van der Waals surface area contributed by atoms with Gasteiger partial charge in [0.1, 0.15) is 23.9 Å². The maximum absolute atomic E-state index is 13.0. The Balaban J connectivity index is 1.28. The lowest BCUT2D eigenvalue weighted by atomic mass is 10.0. The van der Waals surface area contributed by atoms with Crippen LogP contribution >= 0.6 is 11.6 Å². The Bertz CT molecular complexity index is 1130. The van der Waals surface area contributed by atoms with E-state index < -0.39 is 0 Å². The van der Waals surface area contributed by atoms with Gasteiger partial charge in [0.05, 0.1) is 12.2 Å². The molecule has 3 rings (SSSR count). The topological polar surface area (TPSA) is 59.0 Å². The largest absolute Gasteiger partial charge is 0.507 e. The summed E-state index contributed by atoms with van der Waals surface area (Å²) < 4.78 is 24.2. The van der Waals surface area contributed by atoms with Gasteiger partial charge < -0.3 is 19.5 Å². The summed E-state index contributed by atoms with van der Waals surface area (Å²) in [5.74, 6) is -0.162. The van der Waals surface area contributed by atoms with Crippen LogP contribution in [0.3, 0.4) is 0 Å². The minimum atomic E-state index is -0.285. The van der Waals surface area contributed by atoms with Crippen molar-refractivity contribution in [3.8, 4) is 11.5 Å². The van der Waals surface area contributed by atoms with Crippen LogP contribution in [-0.2, 0) is 11.2 Å². The molecule has 36 heavy (non-hydrogen) atoms. The van der Waals surface area contributed by atoms with Gasteiger partial charge in [-0.15, -0.1) is 0 Å². The molecule has 0 aliphatic carbocycles. The molecule has 3 aromatic rings. The van der Waals surface area contributed by atoms with Crippen molar-refractivity contribution >= 4 is 17.4 Å². The maximum atomic E-state index is 13.0. The lowest BCUT2D eigenvalue weighted by Gasteiger charge is -2.16. The Hall–Kier alpha value is -3.19. The Morgan fingerprint density at radius 2 is 1.72 bits per heavy atom. The van der Waals surface area contributed by atoms with E-state index in [2.05, 4.69) is 11.9 Å². The van der Waals surface area contributed by atoms with Crippen molar-refractivity contribution in [1.82, 2.24) is 4.90 Å². The summed E-state index contributed by atoms with van der Waals surface area (Å²) in [7, 11) is 2.07. The number of benzene rings is 3. The molecule has 0 saturated carbocycles. The molecule has 7 heteroatoms. The Labute approximate surface area is 216 Å². The number of carbonyl (C=O) groups excluding carboxylic acids is 1. The number of rotatable bonds is 14. The van der Waals surface area contributed by atoms with E-state index in [1.54, 1.807) is 36.4 Å². The van der Waals surface area contributed by atoms with Crippen molar-refractivity contribution < 1.29 is 23.8 Å². The molecule has 0 aliphatic heterocycles. The van der Waals surface area contributed by atoms with E-state index in [1.807, 2.05) is 24.3 Å². The van der Waals surface area contributed by atoms with Crippen molar-refractivity contribution in [2.75, 3.05) is 40.0 Å². The van der Waals surface area contributed by atoms with Crippen LogP contribution in [0.25, 0.3) is 0 Å². The monoisotopic (exact) mass is 511 g/mol. The minimum absolute atomic E-state index is 0.137. The summed E-state index contributed by atoms with van der Waals surface area (Å²) in [5, 5.41) is 10.8. The number of likely N-dealkylation sites (N-methyl/N-ethyl adjacent to an activating group) is 1. The Kier molecular flexibility index (Phi) is 11.0. The molecular formula is C29H31ClFNO4. The second-order valence-electron chi connectivity index (χ2n) is 8.41. The highest BCUT2D eigenvalue weighted by molar-refractivity contribution is 6.30. The van der Waals surface area contributed by atoms with Crippen LogP contribution in [0.5, 0.6) is 11.5 Å². The van der Waals surface area contributed by atoms with Crippen LogP contribution < -0.4 is 4.74 Å². The number of hydrogen-bond donors (Lipinski definition) is 1. The molecule has 0 radical (unpaired) electrons. The van der Waals surface area contributed by atoms with Crippen LogP contribution in [0.4, 0.5) is 4.39 Å². The Morgan fingerprint density at radius 3 is 2.44 bits per heavy atom. The molecule has 0 spiro atoms. The summed E-state index contributed by atoms with van der Waals surface area (Å²) in [4.78, 5) is 14.8. The van der Waals surface area contributed by atoms with Crippen molar-refractivity contribution in [3.63, 3.8) is 0 Å². The second kappa shape index (κ2) is 14.4. The predicted molar refractivity (Wildman–Crippen MR) is 141 cm³/mol. The van der Waals surface area contributed by atoms with Crippen LogP contribution in [0.2, 0.25) is 5.02 Å². The second-order valence-corrected chi connectivity index (χ2v) is 8.84. The van der Waals surface area contributed by atoms with Crippen molar-refractivity contribution in [3.05, 3.63) is 106 Å². The number of phenolic OH excluding ortho intramolecular Hbond substituents is 1. The van der Waals surface area contributed by atoms with Gasteiger partial charge in [-0.25, -0.2) is 4.39 Å². The average molecular weight is 512 g/mol. The van der Waals surface area contributed by atoms with E-state index in [4.69, 9.17) is 21.1 Å². The normalized spacial score (nSPS) is 11.3. The zero-order valence-corrected chi connectivity index (χ0v) is 21.1. The van der Waals surface area contributed by atoms with Crippen molar-refractivity contribution in [2.24, 2.45) is 0 Å². The fourth-order valence-corrected chi connectivity index (χ4v) is 3.63. The molecule has 5 nitrogen and oxygen atoms in total. The molecule has 0 saturated heterocycles. The molecule has 0 heterocycles. The van der Waals surface area contributed by atoms with Gasteiger partial charge in [-0.1, -0.05) is 29.8 Å². The molecule has 0 unspecified atom stereocenters. The number of aromatic hydroxyl groups is 1. The van der Waals surface area contributed by atoms with Crippen LogP contribution in [-0.4, -0.2) is 55.7 Å². The quantitative estimate of drug-likeness (QED) is 0.165. The molecular weight excluding hydrogens is 481 g/mol. The number of carbonyl (C=O) groups is 1. The van der Waals surface area contributed by atoms with Gasteiger partial charge >= 0.3 is 0 Å². The molecule has 0 atom stereocenters. The molecule has 0 fully saturated rings. The SMILES string of the molecule is CN(CCCOC/C=C/COc1ccc(C(=O)c2ccc(Cl)cc2)c(O)c1)CCc1ccc(F)cc1. The van der Waals surface area contributed by atoms with Gasteiger partial charge in [0.2, 0.25) is 0 Å². The first kappa shape index (κ1) is 27.4. The first-order valence-corrected chi connectivity index (χ1v) is 12.2. The van der Waals surface area contributed by atoms with Gasteiger partial charge in [0, 0.05) is 36.3 Å². The highest BCUT2D eigenvalue weighted by Crippen LogP contribution is 2.26.